The number of hydrogen-bond donors (Lipinski definition) is 0. The van der Waals surface area contributed by atoms with Gasteiger partial charge in [-0.1, -0.05) is 0 Å². The molecular weight excluding hydrogens is 332 g/mol. The van der Waals surface area contributed by atoms with Crippen LogP contribution in [0.5, 0.6) is 0 Å². The SMILES string of the molecule is COCCn1cnc2c(N3CCN(Cc4cnn(C)c4)CC3)ncnc21. The zero-order chi connectivity index (χ0) is 17.9. The lowest BCUT2D eigenvalue weighted by molar-refractivity contribution is 0.188. The van der Waals surface area contributed by atoms with E-state index < -0.39 is 0 Å². The molecule has 4 rings (SSSR count). The van der Waals surface area contributed by atoms with Crippen molar-refractivity contribution in [2.24, 2.45) is 7.05 Å². The molecular formula is C17H24N8O. The number of piperazine rings is 1. The Labute approximate surface area is 152 Å². The van der Waals surface area contributed by atoms with Gasteiger partial charge in [0.25, 0.3) is 0 Å². The Morgan fingerprint density at radius 1 is 1.12 bits per heavy atom. The first-order valence-corrected chi connectivity index (χ1v) is 8.84. The van der Waals surface area contributed by atoms with Crippen molar-refractivity contribution in [3.05, 3.63) is 30.6 Å². The van der Waals surface area contributed by atoms with E-state index in [4.69, 9.17) is 4.74 Å². The van der Waals surface area contributed by atoms with Crippen LogP contribution in [0.3, 0.4) is 0 Å². The van der Waals surface area contributed by atoms with Crippen molar-refractivity contribution >= 4 is 17.0 Å². The fourth-order valence-electron chi connectivity index (χ4n) is 3.38. The van der Waals surface area contributed by atoms with Gasteiger partial charge in [0.15, 0.2) is 17.0 Å². The number of anilines is 1. The van der Waals surface area contributed by atoms with E-state index in [9.17, 15) is 0 Å². The quantitative estimate of drug-likeness (QED) is 0.637. The Morgan fingerprint density at radius 3 is 2.69 bits per heavy atom. The van der Waals surface area contributed by atoms with Gasteiger partial charge in [-0.25, -0.2) is 15.0 Å². The molecule has 0 bridgehead atoms. The summed E-state index contributed by atoms with van der Waals surface area (Å²) in [6, 6.07) is 0. The van der Waals surface area contributed by atoms with Crippen LogP contribution in [0, 0.1) is 0 Å². The molecule has 9 nitrogen and oxygen atoms in total. The molecule has 1 fully saturated rings. The van der Waals surface area contributed by atoms with Gasteiger partial charge in [-0.15, -0.1) is 0 Å². The first kappa shape index (κ1) is 16.9. The predicted molar refractivity (Wildman–Crippen MR) is 97.9 cm³/mol. The molecule has 1 aliphatic rings. The first-order chi connectivity index (χ1) is 12.7. The summed E-state index contributed by atoms with van der Waals surface area (Å²) >= 11 is 0. The van der Waals surface area contributed by atoms with Gasteiger partial charge in [0.2, 0.25) is 0 Å². The van der Waals surface area contributed by atoms with Crippen molar-refractivity contribution in [2.75, 3.05) is 44.8 Å². The van der Waals surface area contributed by atoms with Gasteiger partial charge < -0.3 is 14.2 Å². The number of nitrogens with zero attached hydrogens (tertiary/aromatic N) is 8. The van der Waals surface area contributed by atoms with Crippen LogP contribution in [0.25, 0.3) is 11.2 Å². The van der Waals surface area contributed by atoms with Gasteiger partial charge in [0.05, 0.1) is 19.1 Å². The summed E-state index contributed by atoms with van der Waals surface area (Å²) in [6.45, 7) is 6.15. The van der Waals surface area contributed by atoms with Gasteiger partial charge in [0, 0.05) is 65.2 Å². The molecule has 0 atom stereocenters. The molecule has 3 aromatic rings. The molecule has 0 spiro atoms. The lowest BCUT2D eigenvalue weighted by atomic mass is 10.2. The molecule has 0 aliphatic carbocycles. The standard InChI is InChI=1S/C17H24N8O/c1-22-10-14(9-21-22)11-23-3-5-24(6-4-23)16-15-17(19-12-18-16)25(13-20-15)7-8-26-2/h9-10,12-13H,3-8,11H2,1-2H3. The van der Waals surface area contributed by atoms with Crippen molar-refractivity contribution in [2.45, 2.75) is 13.1 Å². The zero-order valence-electron chi connectivity index (χ0n) is 15.2. The van der Waals surface area contributed by atoms with Gasteiger partial charge in [0.1, 0.15) is 6.33 Å². The number of methoxy groups -OCH3 is 1. The molecule has 1 saturated heterocycles. The molecule has 26 heavy (non-hydrogen) atoms. The number of aryl methyl sites for hydroxylation is 1. The normalized spacial score (nSPS) is 15.8. The zero-order valence-corrected chi connectivity index (χ0v) is 15.2. The van der Waals surface area contributed by atoms with Crippen molar-refractivity contribution in [3.63, 3.8) is 0 Å². The van der Waals surface area contributed by atoms with Crippen LogP contribution in [0.15, 0.2) is 25.0 Å². The highest BCUT2D eigenvalue weighted by Crippen LogP contribution is 2.23. The second-order valence-electron chi connectivity index (χ2n) is 6.59. The molecule has 138 valence electrons. The van der Waals surface area contributed by atoms with Gasteiger partial charge >= 0.3 is 0 Å². The lowest BCUT2D eigenvalue weighted by Gasteiger charge is -2.35. The van der Waals surface area contributed by atoms with E-state index in [1.54, 1.807) is 13.4 Å². The van der Waals surface area contributed by atoms with Crippen LogP contribution in [-0.2, 0) is 24.9 Å². The number of imidazole rings is 1. The minimum absolute atomic E-state index is 0.637. The van der Waals surface area contributed by atoms with E-state index in [1.165, 1.54) is 5.56 Å². The van der Waals surface area contributed by atoms with Crippen LogP contribution in [0.2, 0.25) is 0 Å². The molecule has 1 aliphatic heterocycles. The maximum absolute atomic E-state index is 5.16. The summed E-state index contributed by atoms with van der Waals surface area (Å²) in [7, 11) is 3.65. The maximum Gasteiger partial charge on any atom is 0.165 e. The van der Waals surface area contributed by atoms with Crippen molar-refractivity contribution in [3.8, 4) is 0 Å². The molecule has 0 unspecified atom stereocenters. The molecule has 0 saturated carbocycles. The molecule has 3 aromatic heterocycles. The largest absolute Gasteiger partial charge is 0.383 e. The van der Waals surface area contributed by atoms with E-state index in [1.807, 2.05) is 28.8 Å². The third kappa shape index (κ3) is 3.40. The van der Waals surface area contributed by atoms with Gasteiger partial charge in [-0.3, -0.25) is 9.58 Å². The molecule has 0 amide bonds. The van der Waals surface area contributed by atoms with Gasteiger partial charge in [-0.2, -0.15) is 5.10 Å². The van der Waals surface area contributed by atoms with E-state index in [0.29, 0.717) is 6.61 Å². The van der Waals surface area contributed by atoms with Crippen molar-refractivity contribution in [1.29, 1.82) is 0 Å². The highest BCUT2D eigenvalue weighted by molar-refractivity contribution is 5.83. The van der Waals surface area contributed by atoms with Crippen LogP contribution in [0.4, 0.5) is 5.82 Å². The topological polar surface area (TPSA) is 77.1 Å². The van der Waals surface area contributed by atoms with Crippen LogP contribution in [-0.4, -0.2) is 74.1 Å². The monoisotopic (exact) mass is 356 g/mol. The summed E-state index contributed by atoms with van der Waals surface area (Å²) in [6.07, 6.45) is 7.46. The number of ether oxygens (including phenoxy) is 1. The van der Waals surface area contributed by atoms with Crippen molar-refractivity contribution in [1.82, 2.24) is 34.2 Å². The molecule has 9 heteroatoms. The fourth-order valence-corrected chi connectivity index (χ4v) is 3.38. The molecule has 0 radical (unpaired) electrons. The van der Waals surface area contributed by atoms with Crippen molar-refractivity contribution < 1.29 is 4.74 Å². The Morgan fingerprint density at radius 2 is 1.96 bits per heavy atom. The summed E-state index contributed by atoms with van der Waals surface area (Å²) in [5.41, 5.74) is 2.98. The molecule has 0 N–H and O–H groups in total. The Kier molecular flexibility index (Phi) is 4.81. The second-order valence-corrected chi connectivity index (χ2v) is 6.59. The first-order valence-electron chi connectivity index (χ1n) is 8.84. The summed E-state index contributed by atoms with van der Waals surface area (Å²) < 4.78 is 9.03. The second kappa shape index (κ2) is 7.38. The summed E-state index contributed by atoms with van der Waals surface area (Å²) in [4.78, 5) is 18.2. The summed E-state index contributed by atoms with van der Waals surface area (Å²) in [5.74, 6) is 0.923. The highest BCUT2D eigenvalue weighted by Gasteiger charge is 2.22. The fraction of sp³-hybridized carbons (Fsp3) is 0.529. The number of fused-ring (bicyclic) bond motifs is 1. The van der Waals surface area contributed by atoms with E-state index >= 15 is 0 Å². The number of hydrogen-bond acceptors (Lipinski definition) is 7. The number of rotatable bonds is 6. The minimum Gasteiger partial charge on any atom is -0.383 e. The third-order valence-electron chi connectivity index (χ3n) is 4.75. The minimum atomic E-state index is 0.637. The highest BCUT2D eigenvalue weighted by atomic mass is 16.5. The van der Waals surface area contributed by atoms with Crippen LogP contribution >= 0.6 is 0 Å². The Balaban J connectivity index is 1.45. The lowest BCUT2D eigenvalue weighted by Crippen LogP contribution is -2.46. The average Bonchev–Trinajstić information content (AvgIpc) is 3.26. The van der Waals surface area contributed by atoms with E-state index in [-0.39, 0.29) is 0 Å². The average molecular weight is 356 g/mol. The summed E-state index contributed by atoms with van der Waals surface area (Å²) in [5, 5.41) is 4.25. The van der Waals surface area contributed by atoms with E-state index in [2.05, 4.69) is 36.0 Å². The van der Waals surface area contributed by atoms with Crippen LogP contribution < -0.4 is 4.90 Å². The molecule has 0 aromatic carbocycles. The third-order valence-corrected chi connectivity index (χ3v) is 4.75. The molecule has 4 heterocycles. The smallest absolute Gasteiger partial charge is 0.165 e. The predicted octanol–water partition coefficient (Wildman–Crippen LogP) is 0.528. The number of aromatic nitrogens is 6. The Hall–Kier alpha value is -2.52. The Bertz CT molecular complexity index is 865. The van der Waals surface area contributed by atoms with E-state index in [0.717, 1.165) is 56.3 Å². The maximum atomic E-state index is 5.16. The van der Waals surface area contributed by atoms with Crippen LogP contribution in [0.1, 0.15) is 5.56 Å². The van der Waals surface area contributed by atoms with Gasteiger partial charge in [-0.05, 0) is 0 Å².